The van der Waals surface area contributed by atoms with Crippen molar-refractivity contribution in [1.29, 1.82) is 0 Å². The predicted octanol–water partition coefficient (Wildman–Crippen LogP) is 3.27. The van der Waals surface area contributed by atoms with Crippen molar-refractivity contribution in [2.75, 3.05) is 0 Å². The molecular weight excluding hydrogens is 180 g/mol. The van der Waals surface area contributed by atoms with Crippen molar-refractivity contribution in [3.8, 4) is 0 Å². The van der Waals surface area contributed by atoms with Crippen molar-refractivity contribution in [2.45, 2.75) is 19.3 Å². The lowest BCUT2D eigenvalue weighted by Crippen LogP contribution is -2.50. The minimum Gasteiger partial charge on any atom is -0.0879 e. The molecule has 5 aliphatic carbocycles. The van der Waals surface area contributed by atoms with Gasteiger partial charge in [-0.2, -0.15) is 0 Å². The molecule has 0 heterocycles. The molecule has 0 N–H and O–H groups in total. The van der Waals surface area contributed by atoms with E-state index in [1.165, 1.54) is 12.8 Å². The summed E-state index contributed by atoms with van der Waals surface area (Å²) < 4.78 is 0. The Morgan fingerprint density at radius 1 is 0.667 bits per heavy atom. The minimum atomic E-state index is 1.01. The van der Waals surface area contributed by atoms with E-state index in [0.717, 1.165) is 47.3 Å². The van der Waals surface area contributed by atoms with Crippen molar-refractivity contribution in [3.63, 3.8) is 0 Å². The normalized spacial score (nSPS) is 66.7. The third-order valence-corrected chi connectivity index (χ3v) is 6.48. The van der Waals surface area contributed by atoms with Crippen LogP contribution in [0.3, 0.4) is 0 Å². The SMILES string of the molecule is C1=CC2C(C1)C1CC2C2C3C=CCC3C12. The summed E-state index contributed by atoms with van der Waals surface area (Å²) in [5.41, 5.74) is 0. The van der Waals surface area contributed by atoms with Gasteiger partial charge in [-0.05, 0) is 66.6 Å². The van der Waals surface area contributed by atoms with Gasteiger partial charge in [0.05, 0.1) is 0 Å². The Balaban J connectivity index is 1.58. The average Bonchev–Trinajstić information content (AvgIpc) is 2.91. The second-order valence-corrected chi connectivity index (χ2v) is 6.53. The fourth-order valence-electron chi connectivity index (χ4n) is 6.21. The summed E-state index contributed by atoms with van der Waals surface area (Å²) in [5.74, 6) is 8.67. The maximum atomic E-state index is 2.57. The molecule has 8 atom stereocenters. The van der Waals surface area contributed by atoms with E-state index in [0.29, 0.717) is 0 Å². The summed E-state index contributed by atoms with van der Waals surface area (Å²) in [6, 6.07) is 0. The molecule has 5 rings (SSSR count). The van der Waals surface area contributed by atoms with Crippen LogP contribution in [-0.4, -0.2) is 0 Å². The molecule has 8 unspecified atom stereocenters. The number of hydrogen-bond donors (Lipinski definition) is 0. The Morgan fingerprint density at radius 2 is 1.47 bits per heavy atom. The van der Waals surface area contributed by atoms with Crippen molar-refractivity contribution in [1.82, 2.24) is 0 Å². The van der Waals surface area contributed by atoms with E-state index >= 15 is 0 Å². The standard InChI is InChI=1S/C15H18/c1-3-8-9(4-1)13-7-12(8)14-10-5-2-6-11(10)15(13)14/h1-3,5,8-15H,4,6-7H2. The zero-order chi connectivity index (χ0) is 9.57. The Bertz CT molecular complexity index is 377. The first-order valence-electron chi connectivity index (χ1n) is 6.78. The summed E-state index contributed by atoms with van der Waals surface area (Å²) in [4.78, 5) is 0. The van der Waals surface area contributed by atoms with Gasteiger partial charge in [-0.25, -0.2) is 0 Å². The lowest BCUT2D eigenvalue weighted by Gasteiger charge is -2.54. The van der Waals surface area contributed by atoms with Crippen LogP contribution in [0.25, 0.3) is 0 Å². The molecule has 3 saturated carbocycles. The van der Waals surface area contributed by atoms with E-state index in [9.17, 15) is 0 Å². The maximum Gasteiger partial charge on any atom is -0.0165 e. The van der Waals surface area contributed by atoms with Crippen LogP contribution in [0.2, 0.25) is 0 Å². The summed E-state index contributed by atoms with van der Waals surface area (Å²) >= 11 is 0. The van der Waals surface area contributed by atoms with E-state index in [1.807, 2.05) is 0 Å². The minimum absolute atomic E-state index is 1.01. The number of hydrogen-bond acceptors (Lipinski definition) is 0. The highest BCUT2D eigenvalue weighted by Gasteiger charge is 2.67. The van der Waals surface area contributed by atoms with Crippen LogP contribution in [-0.2, 0) is 0 Å². The molecule has 0 heteroatoms. The quantitative estimate of drug-likeness (QED) is 0.414. The van der Waals surface area contributed by atoms with E-state index in [4.69, 9.17) is 0 Å². The van der Waals surface area contributed by atoms with Gasteiger partial charge in [0.15, 0.2) is 0 Å². The maximum absolute atomic E-state index is 2.57. The lowest BCUT2D eigenvalue weighted by atomic mass is 9.50. The van der Waals surface area contributed by atoms with Gasteiger partial charge in [0.1, 0.15) is 0 Å². The highest BCUT2D eigenvalue weighted by molar-refractivity contribution is 5.26. The van der Waals surface area contributed by atoms with Crippen molar-refractivity contribution >= 4 is 0 Å². The van der Waals surface area contributed by atoms with E-state index in [2.05, 4.69) is 24.3 Å². The van der Waals surface area contributed by atoms with Gasteiger partial charge in [-0.15, -0.1) is 0 Å². The highest BCUT2D eigenvalue weighted by Crippen LogP contribution is 2.73. The van der Waals surface area contributed by atoms with Crippen LogP contribution < -0.4 is 0 Å². The Hall–Kier alpha value is -0.520. The molecule has 0 nitrogen and oxygen atoms in total. The largest absolute Gasteiger partial charge is 0.0879 e. The van der Waals surface area contributed by atoms with Crippen LogP contribution >= 0.6 is 0 Å². The number of rotatable bonds is 0. The fourth-order valence-corrected chi connectivity index (χ4v) is 6.21. The molecule has 5 aliphatic rings. The van der Waals surface area contributed by atoms with Crippen LogP contribution in [0.1, 0.15) is 19.3 Å². The monoisotopic (exact) mass is 198 g/mol. The van der Waals surface area contributed by atoms with Crippen LogP contribution in [0.15, 0.2) is 24.3 Å². The summed E-state index contributed by atoms with van der Waals surface area (Å²) in [6.45, 7) is 0. The molecule has 0 amide bonds. The second-order valence-electron chi connectivity index (χ2n) is 6.53. The molecule has 0 aliphatic heterocycles. The van der Waals surface area contributed by atoms with Crippen LogP contribution in [0.4, 0.5) is 0 Å². The van der Waals surface area contributed by atoms with E-state index in [-0.39, 0.29) is 0 Å². The van der Waals surface area contributed by atoms with Gasteiger partial charge >= 0.3 is 0 Å². The first-order valence-corrected chi connectivity index (χ1v) is 6.78. The van der Waals surface area contributed by atoms with Gasteiger partial charge in [0.25, 0.3) is 0 Å². The predicted molar refractivity (Wildman–Crippen MR) is 60.1 cm³/mol. The Labute approximate surface area is 91.4 Å². The third-order valence-electron chi connectivity index (χ3n) is 6.48. The third kappa shape index (κ3) is 0.670. The summed E-state index contributed by atoms with van der Waals surface area (Å²) in [5, 5.41) is 0. The molecule has 0 aromatic rings. The van der Waals surface area contributed by atoms with Crippen molar-refractivity contribution in [3.05, 3.63) is 24.3 Å². The molecule has 2 bridgehead atoms. The van der Waals surface area contributed by atoms with Crippen molar-refractivity contribution in [2.24, 2.45) is 47.3 Å². The summed E-state index contributed by atoms with van der Waals surface area (Å²) in [6.07, 6.45) is 14.5. The molecule has 0 radical (unpaired) electrons. The molecule has 78 valence electrons. The lowest BCUT2D eigenvalue weighted by molar-refractivity contribution is -0.0557. The van der Waals surface area contributed by atoms with Gasteiger partial charge in [0, 0.05) is 0 Å². The van der Waals surface area contributed by atoms with Crippen molar-refractivity contribution < 1.29 is 0 Å². The zero-order valence-electron chi connectivity index (χ0n) is 9.05. The van der Waals surface area contributed by atoms with Crippen LogP contribution in [0, 0.1) is 47.3 Å². The van der Waals surface area contributed by atoms with E-state index in [1.54, 1.807) is 6.42 Å². The topological polar surface area (TPSA) is 0 Å². The van der Waals surface area contributed by atoms with Gasteiger partial charge < -0.3 is 0 Å². The summed E-state index contributed by atoms with van der Waals surface area (Å²) in [7, 11) is 0. The molecule has 0 aromatic heterocycles. The molecule has 0 saturated heterocycles. The first kappa shape index (κ1) is 7.70. The second kappa shape index (κ2) is 2.26. The van der Waals surface area contributed by atoms with Gasteiger partial charge in [-0.1, -0.05) is 24.3 Å². The molecule has 15 heavy (non-hydrogen) atoms. The smallest absolute Gasteiger partial charge is 0.0165 e. The van der Waals surface area contributed by atoms with Gasteiger partial charge in [0.2, 0.25) is 0 Å². The highest BCUT2D eigenvalue weighted by atomic mass is 14.7. The number of allylic oxidation sites excluding steroid dienone is 4. The molecule has 0 spiro atoms. The van der Waals surface area contributed by atoms with Crippen LogP contribution in [0.5, 0.6) is 0 Å². The Morgan fingerprint density at radius 3 is 2.40 bits per heavy atom. The molecule has 3 fully saturated rings. The van der Waals surface area contributed by atoms with Gasteiger partial charge in [-0.3, -0.25) is 0 Å². The fraction of sp³-hybridized carbons (Fsp3) is 0.733. The first-order chi connectivity index (χ1) is 7.45. The molecular formula is C15H18. The molecule has 0 aromatic carbocycles. The number of fused-ring (bicyclic) bond motifs is 11. The Kier molecular flexibility index (Phi) is 1.16. The average molecular weight is 198 g/mol. The zero-order valence-corrected chi connectivity index (χ0v) is 9.05. The van der Waals surface area contributed by atoms with E-state index < -0.39 is 0 Å².